The summed E-state index contributed by atoms with van der Waals surface area (Å²) in [5, 5.41) is 8.46. The minimum Gasteiger partial charge on any atom is -0.301 e. The Labute approximate surface area is 64.3 Å². The minimum absolute atomic E-state index is 0.505. The Kier molecular flexibility index (Phi) is 2.34. The second-order valence-corrected chi connectivity index (χ2v) is 2.00. The fraction of sp³-hybridized carbons (Fsp3) is 0.125. The van der Waals surface area contributed by atoms with Crippen molar-refractivity contribution in [2.45, 2.75) is 5.92 Å². The predicted octanol–water partition coefficient (Wildman–Crippen LogP) is 0.888. The van der Waals surface area contributed by atoms with Crippen molar-refractivity contribution in [1.29, 1.82) is 5.26 Å². The van der Waals surface area contributed by atoms with E-state index in [4.69, 9.17) is 5.26 Å². The van der Waals surface area contributed by atoms with Gasteiger partial charge >= 0.3 is 0 Å². The number of aromatic nitrogens is 1. The van der Waals surface area contributed by atoms with Crippen LogP contribution < -0.4 is 0 Å². The molecule has 0 aromatic carbocycles. The summed E-state index contributed by atoms with van der Waals surface area (Å²) in [4.78, 5) is 14.1. The van der Waals surface area contributed by atoms with E-state index in [1.54, 1.807) is 24.4 Å². The Morgan fingerprint density at radius 2 is 2.45 bits per heavy atom. The van der Waals surface area contributed by atoms with E-state index in [0.29, 0.717) is 12.0 Å². The van der Waals surface area contributed by atoms with Crippen molar-refractivity contribution in [2.24, 2.45) is 0 Å². The van der Waals surface area contributed by atoms with Crippen LogP contribution in [0.1, 0.15) is 11.6 Å². The van der Waals surface area contributed by atoms with Crippen LogP contribution in [0.3, 0.4) is 0 Å². The quantitative estimate of drug-likeness (QED) is 0.582. The van der Waals surface area contributed by atoms with Crippen LogP contribution in [-0.4, -0.2) is 11.3 Å². The van der Waals surface area contributed by atoms with E-state index in [2.05, 4.69) is 4.98 Å². The van der Waals surface area contributed by atoms with Gasteiger partial charge in [-0.2, -0.15) is 5.26 Å². The number of aldehydes is 1. The molecular formula is C8H6N2O. The number of nitriles is 1. The van der Waals surface area contributed by atoms with Gasteiger partial charge in [0.25, 0.3) is 0 Å². The standard InChI is InChI=1S/C8H6N2O/c9-5-7(6-11)8-3-1-2-4-10-8/h1-4,6-7H/t7-/m0/s1. The number of hydrogen-bond acceptors (Lipinski definition) is 3. The van der Waals surface area contributed by atoms with Crippen LogP contribution in [0.25, 0.3) is 0 Å². The minimum atomic E-state index is -0.726. The topological polar surface area (TPSA) is 53.8 Å². The molecule has 1 aromatic rings. The van der Waals surface area contributed by atoms with Crippen molar-refractivity contribution in [2.75, 3.05) is 0 Å². The lowest BCUT2D eigenvalue weighted by Crippen LogP contribution is -1.98. The van der Waals surface area contributed by atoms with Crippen LogP contribution in [0.15, 0.2) is 24.4 Å². The first kappa shape index (κ1) is 7.42. The molecule has 0 N–H and O–H groups in total. The van der Waals surface area contributed by atoms with Crippen molar-refractivity contribution in [3.8, 4) is 6.07 Å². The molecule has 54 valence electrons. The smallest absolute Gasteiger partial charge is 0.144 e. The Hall–Kier alpha value is -1.69. The van der Waals surface area contributed by atoms with Gasteiger partial charge in [0.05, 0.1) is 11.8 Å². The lowest BCUT2D eigenvalue weighted by molar-refractivity contribution is -0.108. The van der Waals surface area contributed by atoms with Gasteiger partial charge in [-0.1, -0.05) is 6.07 Å². The van der Waals surface area contributed by atoms with Crippen LogP contribution in [-0.2, 0) is 4.79 Å². The summed E-state index contributed by atoms with van der Waals surface area (Å²) in [6.45, 7) is 0. The zero-order valence-corrected chi connectivity index (χ0v) is 5.77. The Morgan fingerprint density at radius 3 is 2.91 bits per heavy atom. The number of hydrogen-bond donors (Lipinski definition) is 0. The van der Waals surface area contributed by atoms with Gasteiger partial charge in [0, 0.05) is 6.20 Å². The molecule has 0 amide bonds. The van der Waals surface area contributed by atoms with Gasteiger partial charge in [0.1, 0.15) is 12.2 Å². The largest absolute Gasteiger partial charge is 0.301 e. The van der Waals surface area contributed by atoms with Gasteiger partial charge in [-0.05, 0) is 12.1 Å². The van der Waals surface area contributed by atoms with Gasteiger partial charge in [-0.15, -0.1) is 0 Å². The molecular weight excluding hydrogens is 140 g/mol. The molecule has 0 aliphatic carbocycles. The summed E-state index contributed by atoms with van der Waals surface area (Å²) < 4.78 is 0. The summed E-state index contributed by atoms with van der Waals surface area (Å²) in [7, 11) is 0. The first-order valence-electron chi connectivity index (χ1n) is 3.14. The molecule has 0 radical (unpaired) electrons. The number of carbonyl (C=O) groups is 1. The summed E-state index contributed by atoms with van der Waals surface area (Å²) in [5.74, 6) is -0.726. The zero-order valence-electron chi connectivity index (χ0n) is 5.77. The van der Waals surface area contributed by atoms with E-state index in [1.807, 2.05) is 6.07 Å². The maximum atomic E-state index is 10.3. The highest BCUT2D eigenvalue weighted by atomic mass is 16.1. The van der Waals surface area contributed by atoms with Crippen LogP contribution >= 0.6 is 0 Å². The van der Waals surface area contributed by atoms with Gasteiger partial charge in [0.2, 0.25) is 0 Å². The highest BCUT2D eigenvalue weighted by molar-refractivity contribution is 5.65. The van der Waals surface area contributed by atoms with Crippen LogP contribution in [0.4, 0.5) is 0 Å². The second-order valence-electron chi connectivity index (χ2n) is 2.00. The molecule has 3 nitrogen and oxygen atoms in total. The molecule has 0 fully saturated rings. The first-order chi connectivity index (χ1) is 5.38. The van der Waals surface area contributed by atoms with Crippen molar-refractivity contribution in [1.82, 2.24) is 4.98 Å². The molecule has 3 heteroatoms. The molecule has 0 aliphatic rings. The fourth-order valence-corrected chi connectivity index (χ4v) is 0.726. The first-order valence-corrected chi connectivity index (χ1v) is 3.14. The Bertz CT molecular complexity index is 276. The van der Waals surface area contributed by atoms with E-state index in [9.17, 15) is 4.79 Å². The summed E-state index contributed by atoms with van der Waals surface area (Å²) in [6.07, 6.45) is 2.14. The SMILES string of the molecule is N#C[C@@H](C=O)c1ccccn1. The molecule has 1 rings (SSSR count). The van der Waals surface area contributed by atoms with Crippen LogP contribution in [0.5, 0.6) is 0 Å². The number of nitrogens with zero attached hydrogens (tertiary/aromatic N) is 2. The molecule has 0 unspecified atom stereocenters. The molecule has 0 aliphatic heterocycles. The van der Waals surface area contributed by atoms with E-state index >= 15 is 0 Å². The molecule has 11 heavy (non-hydrogen) atoms. The average Bonchev–Trinajstić information content (AvgIpc) is 2.09. The molecule has 0 spiro atoms. The molecule has 0 bridgehead atoms. The third-order valence-corrected chi connectivity index (χ3v) is 1.28. The highest BCUT2D eigenvalue weighted by Crippen LogP contribution is 2.06. The molecule has 1 atom stereocenters. The van der Waals surface area contributed by atoms with E-state index in [-0.39, 0.29) is 0 Å². The zero-order chi connectivity index (χ0) is 8.10. The van der Waals surface area contributed by atoms with E-state index in [0.717, 1.165) is 0 Å². The van der Waals surface area contributed by atoms with Crippen molar-refractivity contribution in [3.63, 3.8) is 0 Å². The van der Waals surface area contributed by atoms with Crippen molar-refractivity contribution in [3.05, 3.63) is 30.1 Å². The maximum Gasteiger partial charge on any atom is 0.144 e. The average molecular weight is 146 g/mol. The van der Waals surface area contributed by atoms with Crippen molar-refractivity contribution < 1.29 is 4.79 Å². The van der Waals surface area contributed by atoms with E-state index < -0.39 is 5.92 Å². The molecule has 0 saturated carbocycles. The summed E-state index contributed by atoms with van der Waals surface area (Å²) in [6, 6.07) is 6.98. The second kappa shape index (κ2) is 3.47. The van der Waals surface area contributed by atoms with Crippen molar-refractivity contribution >= 4 is 6.29 Å². The van der Waals surface area contributed by atoms with Gasteiger partial charge in [-0.25, -0.2) is 0 Å². The fourth-order valence-electron chi connectivity index (χ4n) is 0.726. The number of carbonyl (C=O) groups excluding carboxylic acids is 1. The lowest BCUT2D eigenvalue weighted by Gasteiger charge is -1.96. The number of rotatable bonds is 2. The maximum absolute atomic E-state index is 10.3. The monoisotopic (exact) mass is 146 g/mol. The highest BCUT2D eigenvalue weighted by Gasteiger charge is 2.08. The van der Waals surface area contributed by atoms with Crippen LogP contribution in [0.2, 0.25) is 0 Å². The van der Waals surface area contributed by atoms with Gasteiger partial charge in [-0.3, -0.25) is 4.98 Å². The van der Waals surface area contributed by atoms with E-state index in [1.165, 1.54) is 0 Å². The van der Waals surface area contributed by atoms with Gasteiger partial charge in [0.15, 0.2) is 0 Å². The third-order valence-electron chi connectivity index (χ3n) is 1.28. The third kappa shape index (κ3) is 1.62. The molecule has 1 heterocycles. The Balaban J connectivity index is 2.93. The summed E-state index contributed by atoms with van der Waals surface area (Å²) in [5.41, 5.74) is 0.505. The lowest BCUT2D eigenvalue weighted by atomic mass is 10.1. The summed E-state index contributed by atoms with van der Waals surface area (Å²) >= 11 is 0. The predicted molar refractivity (Wildman–Crippen MR) is 38.7 cm³/mol. The van der Waals surface area contributed by atoms with Crippen LogP contribution in [0, 0.1) is 11.3 Å². The molecule has 1 aromatic heterocycles. The normalized spacial score (nSPS) is 11.5. The molecule has 0 saturated heterocycles. The Morgan fingerprint density at radius 1 is 1.64 bits per heavy atom. The number of pyridine rings is 1. The van der Waals surface area contributed by atoms with Gasteiger partial charge < -0.3 is 4.79 Å².